The molecule has 144 valence electrons. The minimum absolute atomic E-state index is 0. The molecule has 1 aromatic rings. The number of halogens is 5. The van der Waals surface area contributed by atoms with Crippen LogP contribution < -0.4 is 10.1 Å². The van der Waals surface area contributed by atoms with E-state index in [0.29, 0.717) is 23.1 Å². The van der Waals surface area contributed by atoms with Crippen molar-refractivity contribution in [1.29, 1.82) is 0 Å². The van der Waals surface area contributed by atoms with Crippen LogP contribution in [0.2, 0.25) is 0 Å². The lowest BCUT2D eigenvalue weighted by Gasteiger charge is -2.44. The molecule has 0 unspecified atom stereocenters. The second kappa shape index (κ2) is 8.90. The maximum absolute atomic E-state index is 12.8. The zero-order valence-corrected chi connectivity index (χ0v) is 16.5. The summed E-state index contributed by atoms with van der Waals surface area (Å²) in [5, 5.41) is 13.1. The number of benzene rings is 1. The van der Waals surface area contributed by atoms with E-state index in [1.807, 2.05) is 13.8 Å². The molecule has 1 atom stereocenters. The standard InChI is InChI=1S/C16H22BrF3N2O2.ClH/c1-15(2,10-23)14(22-7-5-21-6-8-22)12-9-11(17)3-4-13(12)24-16(18,19)20;/h3-4,9,14,21,23H,5-8,10H2,1-2H3;1H/t14-;/m0./s1. The number of hydrogen-bond donors (Lipinski definition) is 2. The summed E-state index contributed by atoms with van der Waals surface area (Å²) in [6, 6.07) is 4.07. The van der Waals surface area contributed by atoms with Crippen molar-refractivity contribution in [1.82, 2.24) is 10.2 Å². The molecule has 0 bridgehead atoms. The summed E-state index contributed by atoms with van der Waals surface area (Å²) in [4.78, 5) is 2.09. The summed E-state index contributed by atoms with van der Waals surface area (Å²) in [6.07, 6.45) is -4.76. The lowest BCUT2D eigenvalue weighted by molar-refractivity contribution is -0.275. The zero-order valence-electron chi connectivity index (χ0n) is 14.1. The monoisotopic (exact) mass is 446 g/mol. The van der Waals surface area contributed by atoms with E-state index in [1.54, 1.807) is 6.07 Å². The first-order valence-corrected chi connectivity index (χ1v) is 8.54. The Balaban J connectivity index is 0.00000312. The molecular weight excluding hydrogens is 425 g/mol. The summed E-state index contributed by atoms with van der Waals surface area (Å²) in [5.41, 5.74) is -0.218. The van der Waals surface area contributed by atoms with Crippen molar-refractivity contribution >= 4 is 28.3 Å². The van der Waals surface area contributed by atoms with Crippen LogP contribution in [-0.2, 0) is 0 Å². The SMILES string of the molecule is CC(C)(CO)[C@H](c1cc(Br)ccc1OC(F)(F)F)N1CCNCC1.Cl. The van der Waals surface area contributed by atoms with Crippen LogP contribution in [0.5, 0.6) is 5.75 Å². The molecule has 0 radical (unpaired) electrons. The first kappa shape index (κ1) is 22.5. The molecule has 0 aliphatic carbocycles. The van der Waals surface area contributed by atoms with Gasteiger partial charge in [0, 0.05) is 54.3 Å². The number of ether oxygens (including phenoxy) is 1. The second-order valence-corrected chi connectivity index (χ2v) is 7.48. The van der Waals surface area contributed by atoms with E-state index < -0.39 is 17.8 Å². The van der Waals surface area contributed by atoms with Gasteiger partial charge in [-0.25, -0.2) is 0 Å². The molecule has 1 fully saturated rings. The number of nitrogens with zero attached hydrogens (tertiary/aromatic N) is 1. The molecule has 9 heteroatoms. The number of nitrogens with one attached hydrogen (secondary N) is 1. The van der Waals surface area contributed by atoms with Gasteiger partial charge in [0.15, 0.2) is 0 Å². The predicted molar refractivity (Wildman–Crippen MR) is 96.1 cm³/mol. The largest absolute Gasteiger partial charge is 0.573 e. The number of rotatable bonds is 5. The van der Waals surface area contributed by atoms with Crippen molar-refractivity contribution in [3.8, 4) is 5.75 Å². The summed E-state index contributed by atoms with van der Waals surface area (Å²) in [5.74, 6) is -0.226. The Morgan fingerprint density at radius 1 is 1.28 bits per heavy atom. The van der Waals surface area contributed by atoms with Crippen LogP contribution in [0.15, 0.2) is 22.7 Å². The minimum atomic E-state index is -4.76. The van der Waals surface area contributed by atoms with E-state index in [2.05, 4.69) is 30.9 Å². The third-order valence-corrected chi connectivity index (χ3v) is 4.65. The highest BCUT2D eigenvalue weighted by Gasteiger charge is 2.40. The molecule has 4 nitrogen and oxygen atoms in total. The van der Waals surface area contributed by atoms with E-state index in [4.69, 9.17) is 0 Å². The molecule has 2 rings (SSSR count). The quantitative estimate of drug-likeness (QED) is 0.722. The highest BCUT2D eigenvalue weighted by atomic mass is 79.9. The first-order valence-electron chi connectivity index (χ1n) is 7.75. The number of piperazine rings is 1. The summed E-state index contributed by atoms with van der Waals surface area (Å²) in [7, 11) is 0. The van der Waals surface area contributed by atoms with Gasteiger partial charge in [-0.1, -0.05) is 29.8 Å². The van der Waals surface area contributed by atoms with Gasteiger partial charge in [0.05, 0.1) is 0 Å². The van der Waals surface area contributed by atoms with Crippen molar-refractivity contribution in [2.24, 2.45) is 5.41 Å². The minimum Gasteiger partial charge on any atom is -0.405 e. The van der Waals surface area contributed by atoms with Gasteiger partial charge in [0.2, 0.25) is 0 Å². The Morgan fingerprint density at radius 3 is 2.40 bits per heavy atom. The van der Waals surface area contributed by atoms with Crippen LogP contribution in [0, 0.1) is 5.41 Å². The average molecular weight is 448 g/mol. The fourth-order valence-electron chi connectivity index (χ4n) is 3.09. The Morgan fingerprint density at radius 2 is 1.88 bits per heavy atom. The lowest BCUT2D eigenvalue weighted by atomic mass is 9.79. The van der Waals surface area contributed by atoms with Crippen LogP contribution in [-0.4, -0.2) is 49.2 Å². The second-order valence-electron chi connectivity index (χ2n) is 6.57. The number of hydrogen-bond acceptors (Lipinski definition) is 4. The van der Waals surface area contributed by atoms with Crippen molar-refractivity contribution in [3.63, 3.8) is 0 Å². The van der Waals surface area contributed by atoms with Gasteiger partial charge >= 0.3 is 6.36 Å². The molecule has 2 N–H and O–H groups in total. The van der Waals surface area contributed by atoms with E-state index in [1.165, 1.54) is 12.1 Å². The third kappa shape index (κ3) is 5.99. The zero-order chi connectivity index (χ0) is 18.0. The summed E-state index contributed by atoms with van der Waals surface area (Å²) in [6.45, 7) is 6.41. The molecule has 0 saturated carbocycles. The Bertz CT molecular complexity index is 567. The summed E-state index contributed by atoms with van der Waals surface area (Å²) >= 11 is 3.33. The molecule has 1 aliphatic heterocycles. The van der Waals surface area contributed by atoms with Crippen LogP contribution in [0.3, 0.4) is 0 Å². The van der Waals surface area contributed by atoms with E-state index in [-0.39, 0.29) is 24.8 Å². The van der Waals surface area contributed by atoms with Gasteiger partial charge in [0.1, 0.15) is 5.75 Å². The van der Waals surface area contributed by atoms with E-state index >= 15 is 0 Å². The fraction of sp³-hybridized carbons (Fsp3) is 0.625. The van der Waals surface area contributed by atoms with Crippen LogP contribution in [0.4, 0.5) is 13.2 Å². The predicted octanol–water partition coefficient (Wildman–Crippen LogP) is 3.73. The average Bonchev–Trinajstić information content (AvgIpc) is 2.50. The van der Waals surface area contributed by atoms with Gasteiger partial charge in [-0.15, -0.1) is 25.6 Å². The maximum Gasteiger partial charge on any atom is 0.573 e. The molecule has 1 heterocycles. The Hall–Kier alpha value is -0.540. The highest BCUT2D eigenvalue weighted by Crippen LogP contribution is 2.44. The van der Waals surface area contributed by atoms with Crippen LogP contribution >= 0.6 is 28.3 Å². The van der Waals surface area contributed by atoms with Crippen molar-refractivity contribution in [3.05, 3.63) is 28.2 Å². The lowest BCUT2D eigenvalue weighted by Crippen LogP contribution is -2.49. The van der Waals surface area contributed by atoms with E-state index in [9.17, 15) is 18.3 Å². The van der Waals surface area contributed by atoms with Gasteiger partial charge < -0.3 is 15.2 Å². The number of alkyl halides is 3. The fourth-order valence-corrected chi connectivity index (χ4v) is 3.47. The van der Waals surface area contributed by atoms with E-state index in [0.717, 1.165) is 13.1 Å². The van der Waals surface area contributed by atoms with Gasteiger partial charge in [-0.3, -0.25) is 4.90 Å². The van der Waals surface area contributed by atoms with Crippen LogP contribution in [0.1, 0.15) is 25.5 Å². The number of aliphatic hydroxyl groups is 1. The van der Waals surface area contributed by atoms with Gasteiger partial charge in [-0.2, -0.15) is 0 Å². The Kier molecular flexibility index (Phi) is 8.01. The molecule has 0 aromatic heterocycles. The van der Waals surface area contributed by atoms with Gasteiger partial charge in [0.25, 0.3) is 0 Å². The van der Waals surface area contributed by atoms with Crippen LogP contribution in [0.25, 0.3) is 0 Å². The van der Waals surface area contributed by atoms with Crippen molar-refractivity contribution in [2.75, 3.05) is 32.8 Å². The van der Waals surface area contributed by atoms with Crippen molar-refractivity contribution in [2.45, 2.75) is 26.3 Å². The van der Waals surface area contributed by atoms with Gasteiger partial charge in [-0.05, 0) is 18.2 Å². The highest BCUT2D eigenvalue weighted by molar-refractivity contribution is 9.10. The topological polar surface area (TPSA) is 44.7 Å². The molecule has 0 spiro atoms. The molecule has 0 amide bonds. The first-order chi connectivity index (χ1) is 11.1. The normalized spacial score (nSPS) is 17.7. The smallest absolute Gasteiger partial charge is 0.405 e. The Labute approximate surface area is 160 Å². The molecule has 1 saturated heterocycles. The summed E-state index contributed by atoms with van der Waals surface area (Å²) < 4.78 is 43.3. The van der Waals surface area contributed by atoms with Crippen molar-refractivity contribution < 1.29 is 23.0 Å². The molecule has 1 aromatic carbocycles. The molecule has 25 heavy (non-hydrogen) atoms. The molecular formula is C16H23BrClF3N2O2. The molecule has 1 aliphatic rings. The maximum atomic E-state index is 12.8. The third-order valence-electron chi connectivity index (χ3n) is 4.16. The number of aliphatic hydroxyl groups excluding tert-OH is 1.